The summed E-state index contributed by atoms with van der Waals surface area (Å²) in [7, 11) is 0. The molecule has 3 heteroatoms. The van der Waals surface area contributed by atoms with Crippen molar-refractivity contribution < 1.29 is 5.11 Å². The first-order valence-corrected chi connectivity index (χ1v) is 6.63. The van der Waals surface area contributed by atoms with Gasteiger partial charge in [-0.3, -0.25) is 0 Å². The standard InChI is InChI=1S/C14H22N2O/c1-3-16(12-7-4-5-8-12)14-13(11(2)17)9-6-10-15-14/h6,9-12,17H,3-5,7-8H2,1-2H3. The van der Waals surface area contributed by atoms with E-state index in [-0.39, 0.29) is 0 Å². The van der Waals surface area contributed by atoms with Crippen molar-refractivity contribution in [2.45, 2.75) is 51.7 Å². The van der Waals surface area contributed by atoms with E-state index >= 15 is 0 Å². The molecule has 1 atom stereocenters. The molecule has 0 aliphatic heterocycles. The third-order valence-electron chi connectivity index (χ3n) is 3.65. The number of pyridine rings is 1. The third kappa shape index (κ3) is 2.60. The molecule has 1 heterocycles. The second-order valence-electron chi connectivity index (χ2n) is 4.82. The number of rotatable bonds is 4. The van der Waals surface area contributed by atoms with E-state index < -0.39 is 6.10 Å². The van der Waals surface area contributed by atoms with Crippen LogP contribution in [0.4, 0.5) is 5.82 Å². The quantitative estimate of drug-likeness (QED) is 0.870. The summed E-state index contributed by atoms with van der Waals surface area (Å²) in [6, 6.07) is 4.48. The van der Waals surface area contributed by atoms with Gasteiger partial charge in [-0.25, -0.2) is 4.98 Å². The zero-order valence-electron chi connectivity index (χ0n) is 10.8. The van der Waals surface area contributed by atoms with Gasteiger partial charge in [-0.2, -0.15) is 0 Å². The topological polar surface area (TPSA) is 36.4 Å². The van der Waals surface area contributed by atoms with Crippen LogP contribution in [-0.2, 0) is 0 Å². The van der Waals surface area contributed by atoms with E-state index in [0.29, 0.717) is 6.04 Å². The van der Waals surface area contributed by atoms with Gasteiger partial charge in [-0.15, -0.1) is 0 Å². The van der Waals surface area contributed by atoms with Crippen LogP contribution in [0.3, 0.4) is 0 Å². The summed E-state index contributed by atoms with van der Waals surface area (Å²) in [5.74, 6) is 0.969. The summed E-state index contributed by atoms with van der Waals surface area (Å²) in [5, 5.41) is 9.83. The molecule has 1 unspecified atom stereocenters. The van der Waals surface area contributed by atoms with Crippen molar-refractivity contribution in [1.82, 2.24) is 4.98 Å². The van der Waals surface area contributed by atoms with E-state index in [1.165, 1.54) is 25.7 Å². The highest BCUT2D eigenvalue weighted by Crippen LogP contribution is 2.30. The molecule has 1 aromatic rings. The summed E-state index contributed by atoms with van der Waals surface area (Å²) in [4.78, 5) is 6.84. The summed E-state index contributed by atoms with van der Waals surface area (Å²) >= 11 is 0. The Morgan fingerprint density at radius 3 is 2.76 bits per heavy atom. The van der Waals surface area contributed by atoms with Crippen LogP contribution >= 0.6 is 0 Å². The van der Waals surface area contributed by atoms with E-state index in [0.717, 1.165) is 17.9 Å². The Hall–Kier alpha value is -1.09. The van der Waals surface area contributed by atoms with Gasteiger partial charge >= 0.3 is 0 Å². The molecule has 3 nitrogen and oxygen atoms in total. The minimum Gasteiger partial charge on any atom is -0.389 e. The third-order valence-corrected chi connectivity index (χ3v) is 3.65. The first-order valence-electron chi connectivity index (χ1n) is 6.63. The Labute approximate surface area is 103 Å². The highest BCUT2D eigenvalue weighted by molar-refractivity contribution is 5.48. The number of aromatic nitrogens is 1. The molecule has 0 amide bonds. The second-order valence-corrected chi connectivity index (χ2v) is 4.82. The molecule has 1 aliphatic carbocycles. The molecule has 1 fully saturated rings. The van der Waals surface area contributed by atoms with Gasteiger partial charge in [0, 0.05) is 24.3 Å². The van der Waals surface area contributed by atoms with Gasteiger partial charge in [0.05, 0.1) is 6.10 Å². The van der Waals surface area contributed by atoms with Crippen molar-refractivity contribution in [3.63, 3.8) is 0 Å². The molecule has 1 saturated carbocycles. The molecule has 17 heavy (non-hydrogen) atoms. The van der Waals surface area contributed by atoms with Crippen LogP contribution in [0, 0.1) is 0 Å². The van der Waals surface area contributed by atoms with E-state index in [9.17, 15) is 5.11 Å². The number of aliphatic hydroxyl groups excluding tert-OH is 1. The van der Waals surface area contributed by atoms with Crippen molar-refractivity contribution >= 4 is 5.82 Å². The van der Waals surface area contributed by atoms with Crippen molar-refractivity contribution in [1.29, 1.82) is 0 Å². The molecule has 1 aliphatic rings. The molecule has 0 aromatic carbocycles. The number of nitrogens with zero attached hydrogens (tertiary/aromatic N) is 2. The summed E-state index contributed by atoms with van der Waals surface area (Å²) in [5.41, 5.74) is 0.946. The first-order chi connectivity index (χ1) is 8.24. The zero-order valence-corrected chi connectivity index (χ0v) is 10.8. The van der Waals surface area contributed by atoms with Gasteiger partial charge in [-0.1, -0.05) is 18.9 Å². The predicted octanol–water partition coefficient (Wildman–Crippen LogP) is 2.90. The van der Waals surface area contributed by atoms with Crippen molar-refractivity contribution in [3.8, 4) is 0 Å². The molecule has 0 bridgehead atoms. The average Bonchev–Trinajstić information content (AvgIpc) is 2.84. The van der Waals surface area contributed by atoms with Gasteiger partial charge < -0.3 is 10.0 Å². The van der Waals surface area contributed by atoms with Gasteiger partial charge in [0.15, 0.2) is 0 Å². The molecule has 94 valence electrons. The van der Waals surface area contributed by atoms with Crippen molar-refractivity contribution in [2.75, 3.05) is 11.4 Å². The Bertz CT molecular complexity index is 359. The van der Waals surface area contributed by atoms with Crippen molar-refractivity contribution in [2.24, 2.45) is 0 Å². The fourth-order valence-electron chi connectivity index (χ4n) is 2.77. The van der Waals surface area contributed by atoms with Gasteiger partial charge in [-0.05, 0) is 32.8 Å². The molecule has 0 saturated heterocycles. The van der Waals surface area contributed by atoms with E-state index in [2.05, 4.69) is 16.8 Å². The molecule has 1 aromatic heterocycles. The van der Waals surface area contributed by atoms with Gasteiger partial charge in [0.25, 0.3) is 0 Å². The fraction of sp³-hybridized carbons (Fsp3) is 0.643. The lowest BCUT2D eigenvalue weighted by atomic mass is 10.1. The van der Waals surface area contributed by atoms with Crippen LogP contribution in [0.2, 0.25) is 0 Å². The molecule has 0 spiro atoms. The lowest BCUT2D eigenvalue weighted by Gasteiger charge is -2.31. The second kappa shape index (κ2) is 5.50. The maximum absolute atomic E-state index is 9.83. The summed E-state index contributed by atoms with van der Waals surface area (Å²) in [6.07, 6.45) is 6.51. The van der Waals surface area contributed by atoms with Gasteiger partial charge in [0.1, 0.15) is 5.82 Å². The smallest absolute Gasteiger partial charge is 0.134 e. The van der Waals surface area contributed by atoms with Crippen LogP contribution in [0.15, 0.2) is 18.3 Å². The fourth-order valence-corrected chi connectivity index (χ4v) is 2.77. The molecule has 2 rings (SSSR count). The van der Waals surface area contributed by atoms with Crippen molar-refractivity contribution in [3.05, 3.63) is 23.9 Å². The number of anilines is 1. The molecule has 1 N–H and O–H groups in total. The zero-order chi connectivity index (χ0) is 12.3. The monoisotopic (exact) mass is 234 g/mol. The predicted molar refractivity (Wildman–Crippen MR) is 70.1 cm³/mol. The Morgan fingerprint density at radius 2 is 2.18 bits per heavy atom. The maximum Gasteiger partial charge on any atom is 0.134 e. The first kappa shape index (κ1) is 12.4. The van der Waals surface area contributed by atoms with Crippen LogP contribution in [-0.4, -0.2) is 22.7 Å². The number of aliphatic hydroxyl groups is 1. The van der Waals surface area contributed by atoms with E-state index in [1.54, 1.807) is 0 Å². The van der Waals surface area contributed by atoms with Crippen LogP contribution < -0.4 is 4.90 Å². The van der Waals surface area contributed by atoms with E-state index in [4.69, 9.17) is 0 Å². The Morgan fingerprint density at radius 1 is 1.47 bits per heavy atom. The van der Waals surface area contributed by atoms with Crippen LogP contribution in [0.5, 0.6) is 0 Å². The van der Waals surface area contributed by atoms with Gasteiger partial charge in [0.2, 0.25) is 0 Å². The lowest BCUT2D eigenvalue weighted by Crippen LogP contribution is -2.34. The average molecular weight is 234 g/mol. The van der Waals surface area contributed by atoms with Crippen LogP contribution in [0.25, 0.3) is 0 Å². The SMILES string of the molecule is CCN(c1ncccc1C(C)O)C1CCCC1. The Kier molecular flexibility index (Phi) is 4.00. The minimum absolute atomic E-state index is 0.450. The number of hydrogen-bond acceptors (Lipinski definition) is 3. The van der Waals surface area contributed by atoms with E-state index in [1.807, 2.05) is 25.3 Å². The minimum atomic E-state index is -0.450. The molecular formula is C14H22N2O. The normalized spacial score (nSPS) is 18.3. The largest absolute Gasteiger partial charge is 0.389 e. The Balaban J connectivity index is 2.29. The highest BCUT2D eigenvalue weighted by Gasteiger charge is 2.24. The maximum atomic E-state index is 9.83. The lowest BCUT2D eigenvalue weighted by molar-refractivity contribution is 0.199. The molecular weight excluding hydrogens is 212 g/mol. The number of hydrogen-bond donors (Lipinski definition) is 1. The summed E-state index contributed by atoms with van der Waals surface area (Å²) in [6.45, 7) is 4.93. The summed E-state index contributed by atoms with van der Waals surface area (Å²) < 4.78 is 0. The van der Waals surface area contributed by atoms with Crippen LogP contribution in [0.1, 0.15) is 51.2 Å². The highest BCUT2D eigenvalue weighted by atomic mass is 16.3. The molecule has 0 radical (unpaired) electrons.